The molecule has 0 saturated carbocycles. The maximum atomic E-state index is 5.56. The Morgan fingerprint density at radius 1 is 1.33 bits per heavy atom. The zero-order chi connectivity index (χ0) is 10.7. The van der Waals surface area contributed by atoms with Gasteiger partial charge in [0.15, 0.2) is 5.89 Å². The summed E-state index contributed by atoms with van der Waals surface area (Å²) in [6, 6.07) is 0. The lowest BCUT2D eigenvalue weighted by Crippen LogP contribution is -1.94. The van der Waals surface area contributed by atoms with E-state index in [0.717, 1.165) is 18.7 Å². The highest BCUT2D eigenvalue weighted by Gasteiger charge is 2.16. The van der Waals surface area contributed by atoms with Gasteiger partial charge in [-0.2, -0.15) is 0 Å². The van der Waals surface area contributed by atoms with Crippen molar-refractivity contribution in [1.29, 1.82) is 0 Å². The summed E-state index contributed by atoms with van der Waals surface area (Å²) in [5.41, 5.74) is 0. The van der Waals surface area contributed by atoms with E-state index in [0.29, 0.717) is 17.6 Å². The van der Waals surface area contributed by atoms with Crippen LogP contribution >= 0.6 is 0 Å². The van der Waals surface area contributed by atoms with E-state index in [1.54, 1.807) is 6.20 Å². The van der Waals surface area contributed by atoms with Crippen LogP contribution in [0.1, 0.15) is 38.5 Å². The van der Waals surface area contributed by atoms with Gasteiger partial charge in [0.25, 0.3) is 5.89 Å². The third-order valence-corrected chi connectivity index (χ3v) is 2.43. The van der Waals surface area contributed by atoms with Crippen LogP contribution in [0.15, 0.2) is 21.4 Å². The first-order valence-corrected chi connectivity index (χ1v) is 5.07. The molecule has 0 N–H and O–H groups in total. The molecule has 0 atom stereocenters. The van der Waals surface area contributed by atoms with Crippen LogP contribution in [-0.2, 0) is 0 Å². The Hall–Kier alpha value is -1.65. The van der Waals surface area contributed by atoms with Gasteiger partial charge in [0.05, 0.1) is 6.20 Å². The van der Waals surface area contributed by atoms with Crippen molar-refractivity contribution in [2.45, 2.75) is 32.6 Å². The van der Waals surface area contributed by atoms with Gasteiger partial charge in [-0.15, -0.1) is 10.2 Å². The Morgan fingerprint density at radius 3 is 2.73 bits per heavy atom. The predicted molar refractivity (Wildman–Crippen MR) is 53.1 cm³/mol. The highest BCUT2D eigenvalue weighted by Crippen LogP contribution is 2.26. The van der Waals surface area contributed by atoms with Gasteiger partial charge < -0.3 is 8.83 Å². The summed E-state index contributed by atoms with van der Waals surface area (Å²) in [5.74, 6) is 2.02. The maximum absolute atomic E-state index is 5.56. The average molecular weight is 207 g/mol. The van der Waals surface area contributed by atoms with Crippen molar-refractivity contribution in [1.82, 2.24) is 15.2 Å². The highest BCUT2D eigenvalue weighted by atomic mass is 16.4. The number of oxazole rings is 1. The quantitative estimate of drug-likeness (QED) is 0.771. The van der Waals surface area contributed by atoms with Crippen LogP contribution in [0.2, 0.25) is 0 Å². The summed E-state index contributed by atoms with van der Waals surface area (Å²) in [4.78, 5) is 4.22. The second-order valence-corrected chi connectivity index (χ2v) is 3.32. The van der Waals surface area contributed by atoms with Gasteiger partial charge in [0.2, 0.25) is 12.2 Å². The lowest BCUT2D eigenvalue weighted by Gasteiger charge is -2.05. The van der Waals surface area contributed by atoms with Crippen molar-refractivity contribution >= 4 is 0 Å². The van der Waals surface area contributed by atoms with Gasteiger partial charge in [-0.1, -0.05) is 13.8 Å². The lowest BCUT2D eigenvalue weighted by molar-refractivity contribution is 0.427. The minimum absolute atomic E-state index is 0.363. The van der Waals surface area contributed by atoms with Gasteiger partial charge >= 0.3 is 0 Å². The summed E-state index contributed by atoms with van der Waals surface area (Å²) < 4.78 is 10.6. The molecule has 2 rings (SSSR count). The molecule has 0 fully saturated rings. The van der Waals surface area contributed by atoms with Crippen LogP contribution < -0.4 is 0 Å². The van der Waals surface area contributed by atoms with Gasteiger partial charge in [0.1, 0.15) is 0 Å². The van der Waals surface area contributed by atoms with Crippen molar-refractivity contribution in [3.63, 3.8) is 0 Å². The van der Waals surface area contributed by atoms with Crippen molar-refractivity contribution in [2.75, 3.05) is 0 Å². The van der Waals surface area contributed by atoms with Crippen LogP contribution in [0.3, 0.4) is 0 Å². The maximum Gasteiger partial charge on any atom is 0.285 e. The fourth-order valence-electron chi connectivity index (χ4n) is 1.49. The first-order chi connectivity index (χ1) is 7.35. The van der Waals surface area contributed by atoms with Crippen molar-refractivity contribution in [3.05, 3.63) is 18.5 Å². The second kappa shape index (κ2) is 4.25. The molecule has 15 heavy (non-hydrogen) atoms. The molecule has 2 heterocycles. The molecule has 0 spiro atoms. The zero-order valence-corrected chi connectivity index (χ0v) is 8.80. The number of hydrogen-bond donors (Lipinski definition) is 0. The molecule has 80 valence electrons. The summed E-state index contributed by atoms with van der Waals surface area (Å²) >= 11 is 0. The van der Waals surface area contributed by atoms with Gasteiger partial charge in [-0.3, -0.25) is 0 Å². The molecule has 0 unspecified atom stereocenters. The molecule has 0 aliphatic carbocycles. The van der Waals surface area contributed by atoms with Crippen LogP contribution in [0.5, 0.6) is 0 Å². The summed E-state index contributed by atoms with van der Waals surface area (Å²) in [6.45, 7) is 4.23. The minimum atomic E-state index is 0.363. The number of rotatable bonds is 4. The molecule has 2 aromatic heterocycles. The fraction of sp³-hybridized carbons (Fsp3) is 0.500. The molecule has 0 radical (unpaired) electrons. The van der Waals surface area contributed by atoms with E-state index in [4.69, 9.17) is 8.83 Å². The fourth-order valence-corrected chi connectivity index (χ4v) is 1.49. The van der Waals surface area contributed by atoms with Crippen LogP contribution in [-0.4, -0.2) is 15.2 Å². The summed E-state index contributed by atoms with van der Waals surface area (Å²) in [7, 11) is 0. The molecule has 2 aromatic rings. The zero-order valence-electron chi connectivity index (χ0n) is 8.80. The molecule has 0 aliphatic heterocycles. The predicted octanol–water partition coefficient (Wildman–Crippen LogP) is 2.63. The van der Waals surface area contributed by atoms with Crippen molar-refractivity contribution in [3.8, 4) is 11.7 Å². The molecule has 5 nitrogen and oxygen atoms in total. The van der Waals surface area contributed by atoms with Crippen LogP contribution in [0.25, 0.3) is 11.7 Å². The Morgan fingerprint density at radius 2 is 2.13 bits per heavy atom. The molecular weight excluding hydrogens is 194 g/mol. The van der Waals surface area contributed by atoms with E-state index in [9.17, 15) is 0 Å². The number of aromatic nitrogens is 3. The first-order valence-electron chi connectivity index (χ1n) is 5.07. The molecule has 5 heteroatoms. The monoisotopic (exact) mass is 207 g/mol. The molecule has 0 amide bonds. The van der Waals surface area contributed by atoms with Gasteiger partial charge in [-0.05, 0) is 12.8 Å². The third-order valence-electron chi connectivity index (χ3n) is 2.43. The van der Waals surface area contributed by atoms with Crippen molar-refractivity contribution < 1.29 is 8.83 Å². The minimum Gasteiger partial charge on any atom is -0.435 e. The van der Waals surface area contributed by atoms with Gasteiger partial charge in [-0.25, -0.2) is 4.98 Å². The summed E-state index contributed by atoms with van der Waals surface area (Å²) in [6.07, 6.45) is 4.93. The second-order valence-electron chi connectivity index (χ2n) is 3.32. The van der Waals surface area contributed by atoms with E-state index in [2.05, 4.69) is 29.0 Å². The smallest absolute Gasteiger partial charge is 0.285 e. The Kier molecular flexibility index (Phi) is 2.80. The normalized spacial score (nSPS) is 11.1. The third kappa shape index (κ3) is 1.91. The first kappa shape index (κ1) is 9.89. The number of nitrogens with zero attached hydrogens (tertiary/aromatic N) is 3. The SMILES string of the molecule is CCC(CC)c1ncc(-c2nnco2)o1. The Balaban J connectivity index is 2.24. The van der Waals surface area contributed by atoms with E-state index in [1.165, 1.54) is 6.39 Å². The average Bonchev–Trinajstić information content (AvgIpc) is 2.89. The van der Waals surface area contributed by atoms with Gasteiger partial charge in [0, 0.05) is 5.92 Å². The van der Waals surface area contributed by atoms with E-state index >= 15 is 0 Å². The standard InChI is InChI=1S/C10H13N3O2/c1-3-7(4-2)9-11-5-8(15-9)10-13-12-6-14-10/h5-7H,3-4H2,1-2H3. The lowest BCUT2D eigenvalue weighted by atomic mass is 10.0. The molecule has 0 saturated heterocycles. The molecular formula is C10H13N3O2. The van der Waals surface area contributed by atoms with E-state index in [1.807, 2.05) is 0 Å². The highest BCUT2D eigenvalue weighted by molar-refractivity contribution is 5.40. The largest absolute Gasteiger partial charge is 0.435 e. The van der Waals surface area contributed by atoms with Crippen LogP contribution in [0, 0.1) is 0 Å². The molecule has 0 bridgehead atoms. The Bertz CT molecular complexity index is 404. The van der Waals surface area contributed by atoms with E-state index < -0.39 is 0 Å². The molecule has 0 aliphatic rings. The summed E-state index contributed by atoms with van der Waals surface area (Å²) in [5, 5.41) is 7.35. The van der Waals surface area contributed by atoms with Crippen molar-refractivity contribution in [2.24, 2.45) is 0 Å². The topological polar surface area (TPSA) is 65.0 Å². The Labute approximate surface area is 87.5 Å². The van der Waals surface area contributed by atoms with Crippen LogP contribution in [0.4, 0.5) is 0 Å². The van der Waals surface area contributed by atoms with E-state index in [-0.39, 0.29) is 0 Å². The number of hydrogen-bond acceptors (Lipinski definition) is 5. The molecule has 0 aromatic carbocycles.